The second kappa shape index (κ2) is 5.48. The van der Waals surface area contributed by atoms with Crippen molar-refractivity contribution in [1.82, 2.24) is 9.88 Å². The van der Waals surface area contributed by atoms with E-state index in [1.807, 2.05) is 12.3 Å². The molecule has 1 aromatic rings. The van der Waals surface area contributed by atoms with Crippen LogP contribution in [0.25, 0.3) is 0 Å². The molecule has 0 atom stereocenters. The zero-order chi connectivity index (χ0) is 12.3. The molecule has 5 heteroatoms. The monoisotopic (exact) mass is 294 g/mol. The Balaban J connectivity index is 2.06. The Morgan fingerprint density at radius 3 is 2.76 bits per heavy atom. The molecule has 0 saturated carbocycles. The highest BCUT2D eigenvalue weighted by atomic mass is 79.9. The normalized spacial score (nSPS) is 16.9. The van der Waals surface area contributed by atoms with Crippen LogP contribution in [0.3, 0.4) is 0 Å². The summed E-state index contributed by atoms with van der Waals surface area (Å²) in [7, 11) is 0. The first-order valence-electron chi connectivity index (χ1n) is 5.67. The minimum absolute atomic E-state index is 0.524. The molecule has 0 bridgehead atoms. The Morgan fingerprint density at radius 2 is 2.12 bits per heavy atom. The summed E-state index contributed by atoms with van der Waals surface area (Å²) in [6.07, 6.45) is 1.84. The Bertz CT molecular complexity index is 433. The van der Waals surface area contributed by atoms with Gasteiger partial charge in [-0.15, -0.1) is 0 Å². The molecule has 2 heterocycles. The van der Waals surface area contributed by atoms with Crippen molar-refractivity contribution in [2.75, 3.05) is 37.6 Å². The molecule has 4 nitrogen and oxygen atoms in total. The van der Waals surface area contributed by atoms with E-state index < -0.39 is 0 Å². The van der Waals surface area contributed by atoms with E-state index in [1.54, 1.807) is 0 Å². The number of nitrogens with zero attached hydrogens (tertiary/aromatic N) is 4. The van der Waals surface area contributed by atoms with Gasteiger partial charge in [-0.2, -0.15) is 5.26 Å². The van der Waals surface area contributed by atoms with Crippen molar-refractivity contribution in [2.45, 2.75) is 6.92 Å². The summed E-state index contributed by atoms with van der Waals surface area (Å²) in [6.45, 7) is 6.30. The third-order valence-corrected chi connectivity index (χ3v) is 4.01. The second-order valence-corrected chi connectivity index (χ2v) is 4.98. The molecule has 0 aromatic carbocycles. The minimum Gasteiger partial charge on any atom is -0.353 e. The lowest BCUT2D eigenvalue weighted by Crippen LogP contribution is -2.46. The standard InChI is InChI=1S/C12H15BrN4/c1-10-2-4-15-12(11(10)13)17-8-6-16(5-3-14)7-9-17/h2,4H,5-9H2,1H3. The van der Waals surface area contributed by atoms with Crippen LogP contribution in [0.2, 0.25) is 0 Å². The molecule has 0 aliphatic carbocycles. The van der Waals surface area contributed by atoms with Gasteiger partial charge in [-0.05, 0) is 34.5 Å². The summed E-state index contributed by atoms with van der Waals surface area (Å²) in [6, 6.07) is 4.19. The maximum Gasteiger partial charge on any atom is 0.143 e. The Labute approximate surface area is 110 Å². The summed E-state index contributed by atoms with van der Waals surface area (Å²) in [5.41, 5.74) is 1.20. The maximum absolute atomic E-state index is 8.66. The zero-order valence-electron chi connectivity index (χ0n) is 9.86. The number of pyridine rings is 1. The highest BCUT2D eigenvalue weighted by Gasteiger charge is 2.19. The molecule has 1 aromatic heterocycles. The molecule has 17 heavy (non-hydrogen) atoms. The molecule has 1 fully saturated rings. The summed E-state index contributed by atoms with van der Waals surface area (Å²) < 4.78 is 1.08. The number of piperazine rings is 1. The highest BCUT2D eigenvalue weighted by Crippen LogP contribution is 2.27. The number of hydrogen-bond acceptors (Lipinski definition) is 4. The number of halogens is 1. The molecule has 2 rings (SSSR count). The van der Waals surface area contributed by atoms with E-state index in [0.29, 0.717) is 6.54 Å². The van der Waals surface area contributed by atoms with Gasteiger partial charge in [0.15, 0.2) is 0 Å². The fourth-order valence-corrected chi connectivity index (χ4v) is 2.45. The lowest BCUT2D eigenvalue weighted by molar-refractivity contribution is 0.286. The van der Waals surface area contributed by atoms with E-state index in [2.05, 4.69) is 43.7 Å². The molecule has 0 unspecified atom stereocenters. The van der Waals surface area contributed by atoms with Crippen LogP contribution in [0.5, 0.6) is 0 Å². The molecular weight excluding hydrogens is 280 g/mol. The average Bonchev–Trinajstić information content (AvgIpc) is 2.34. The molecule has 1 aliphatic rings. The third kappa shape index (κ3) is 2.76. The van der Waals surface area contributed by atoms with Crippen molar-refractivity contribution in [3.8, 4) is 6.07 Å². The van der Waals surface area contributed by atoms with Crippen LogP contribution in [-0.4, -0.2) is 42.6 Å². The molecule has 0 N–H and O–H groups in total. The van der Waals surface area contributed by atoms with E-state index in [0.717, 1.165) is 36.5 Å². The van der Waals surface area contributed by atoms with Crippen molar-refractivity contribution in [1.29, 1.82) is 5.26 Å². The summed E-state index contributed by atoms with van der Waals surface area (Å²) >= 11 is 3.59. The smallest absolute Gasteiger partial charge is 0.143 e. The average molecular weight is 295 g/mol. The van der Waals surface area contributed by atoms with Gasteiger partial charge in [0, 0.05) is 32.4 Å². The SMILES string of the molecule is Cc1ccnc(N2CCN(CC#N)CC2)c1Br. The van der Waals surface area contributed by atoms with E-state index in [-0.39, 0.29) is 0 Å². The first-order valence-corrected chi connectivity index (χ1v) is 6.47. The number of aryl methyl sites for hydroxylation is 1. The molecule has 90 valence electrons. The predicted molar refractivity (Wildman–Crippen MR) is 70.9 cm³/mol. The fourth-order valence-electron chi connectivity index (χ4n) is 1.96. The number of aromatic nitrogens is 1. The van der Waals surface area contributed by atoms with Crippen molar-refractivity contribution < 1.29 is 0 Å². The predicted octanol–water partition coefficient (Wildman–Crippen LogP) is 1.80. The Hall–Kier alpha value is -1.12. The largest absolute Gasteiger partial charge is 0.353 e. The quantitative estimate of drug-likeness (QED) is 0.780. The van der Waals surface area contributed by atoms with Crippen LogP contribution in [0.1, 0.15) is 5.56 Å². The van der Waals surface area contributed by atoms with Gasteiger partial charge >= 0.3 is 0 Å². The molecule has 1 aliphatic heterocycles. The second-order valence-electron chi connectivity index (χ2n) is 4.19. The minimum atomic E-state index is 0.524. The molecule has 0 spiro atoms. The summed E-state index contributed by atoms with van der Waals surface area (Å²) in [5, 5.41) is 8.66. The van der Waals surface area contributed by atoms with Crippen molar-refractivity contribution in [3.63, 3.8) is 0 Å². The van der Waals surface area contributed by atoms with Crippen LogP contribution in [0.15, 0.2) is 16.7 Å². The van der Waals surface area contributed by atoms with Gasteiger partial charge in [-0.3, -0.25) is 4.90 Å². The van der Waals surface area contributed by atoms with Gasteiger partial charge in [-0.1, -0.05) is 0 Å². The van der Waals surface area contributed by atoms with Crippen LogP contribution < -0.4 is 4.90 Å². The Kier molecular flexibility index (Phi) is 3.97. The molecule has 1 saturated heterocycles. The lowest BCUT2D eigenvalue weighted by Gasteiger charge is -2.34. The van der Waals surface area contributed by atoms with Gasteiger partial charge < -0.3 is 4.90 Å². The molecule has 0 amide bonds. The topological polar surface area (TPSA) is 43.2 Å². The van der Waals surface area contributed by atoms with Gasteiger partial charge in [0.1, 0.15) is 5.82 Å². The van der Waals surface area contributed by atoms with Gasteiger partial charge in [0.2, 0.25) is 0 Å². The Morgan fingerprint density at radius 1 is 1.41 bits per heavy atom. The molecular formula is C12H15BrN4. The number of nitriles is 1. The number of rotatable bonds is 2. The van der Waals surface area contributed by atoms with Crippen LogP contribution in [0, 0.1) is 18.3 Å². The first-order chi connectivity index (χ1) is 8.22. The van der Waals surface area contributed by atoms with Crippen LogP contribution in [0.4, 0.5) is 5.82 Å². The number of anilines is 1. The van der Waals surface area contributed by atoms with Gasteiger partial charge in [0.05, 0.1) is 17.1 Å². The van der Waals surface area contributed by atoms with Crippen molar-refractivity contribution in [3.05, 3.63) is 22.3 Å². The van der Waals surface area contributed by atoms with E-state index in [1.165, 1.54) is 5.56 Å². The molecule has 0 radical (unpaired) electrons. The first kappa shape index (κ1) is 12.3. The van der Waals surface area contributed by atoms with Crippen LogP contribution in [-0.2, 0) is 0 Å². The third-order valence-electron chi connectivity index (χ3n) is 3.03. The zero-order valence-corrected chi connectivity index (χ0v) is 11.4. The van der Waals surface area contributed by atoms with Gasteiger partial charge in [0.25, 0.3) is 0 Å². The van der Waals surface area contributed by atoms with Crippen molar-refractivity contribution >= 4 is 21.7 Å². The van der Waals surface area contributed by atoms with Crippen LogP contribution >= 0.6 is 15.9 Å². The summed E-state index contributed by atoms with van der Waals surface area (Å²) in [5.74, 6) is 1.02. The van der Waals surface area contributed by atoms with Crippen molar-refractivity contribution in [2.24, 2.45) is 0 Å². The van der Waals surface area contributed by atoms with E-state index in [4.69, 9.17) is 5.26 Å². The highest BCUT2D eigenvalue weighted by molar-refractivity contribution is 9.10. The number of hydrogen-bond donors (Lipinski definition) is 0. The van der Waals surface area contributed by atoms with E-state index in [9.17, 15) is 0 Å². The lowest BCUT2D eigenvalue weighted by atomic mass is 10.2. The van der Waals surface area contributed by atoms with E-state index >= 15 is 0 Å². The van der Waals surface area contributed by atoms with Gasteiger partial charge in [-0.25, -0.2) is 4.98 Å². The summed E-state index contributed by atoms with van der Waals surface area (Å²) in [4.78, 5) is 8.87. The fraction of sp³-hybridized carbons (Fsp3) is 0.500. The maximum atomic E-state index is 8.66.